The minimum Gasteiger partial charge on any atom is -0.327 e. The fourth-order valence-electron chi connectivity index (χ4n) is 2.71. The smallest absolute Gasteiger partial charge is 0.240 e. The van der Waals surface area contributed by atoms with E-state index in [2.05, 4.69) is 19.7 Å². The van der Waals surface area contributed by atoms with Crippen molar-refractivity contribution >= 4 is 10.0 Å². The lowest BCUT2D eigenvalue weighted by Crippen LogP contribution is -2.28. The zero-order valence-electron chi connectivity index (χ0n) is 15.0. The molecule has 0 atom stereocenters. The van der Waals surface area contributed by atoms with Crippen molar-refractivity contribution < 1.29 is 8.42 Å². The fourth-order valence-corrected chi connectivity index (χ4v) is 4.04. The van der Waals surface area contributed by atoms with Crippen LogP contribution in [-0.2, 0) is 16.6 Å². The number of sulfonamides is 1. The first kappa shape index (κ1) is 18.2. The van der Waals surface area contributed by atoms with Crippen LogP contribution in [-0.4, -0.2) is 34.5 Å². The van der Waals surface area contributed by atoms with E-state index in [1.54, 1.807) is 36.9 Å². The van der Waals surface area contributed by atoms with E-state index >= 15 is 0 Å². The molecule has 26 heavy (non-hydrogen) atoms. The molecule has 8 heteroatoms. The third-order valence-corrected chi connectivity index (χ3v) is 5.81. The van der Waals surface area contributed by atoms with Crippen molar-refractivity contribution in [2.24, 2.45) is 0 Å². The van der Waals surface area contributed by atoms with Crippen molar-refractivity contribution in [1.82, 2.24) is 24.2 Å². The molecule has 3 rings (SSSR count). The second kappa shape index (κ2) is 7.35. The Hall–Kier alpha value is -2.58. The van der Waals surface area contributed by atoms with Crippen LogP contribution in [0.25, 0.3) is 11.6 Å². The Kier molecular flexibility index (Phi) is 5.15. The zero-order valence-corrected chi connectivity index (χ0v) is 15.8. The summed E-state index contributed by atoms with van der Waals surface area (Å²) in [4.78, 5) is 12.9. The molecule has 3 aromatic rings. The van der Waals surface area contributed by atoms with Gasteiger partial charge in [-0.1, -0.05) is 6.07 Å². The summed E-state index contributed by atoms with van der Waals surface area (Å²) >= 11 is 0. The van der Waals surface area contributed by atoms with Crippen molar-refractivity contribution in [3.05, 3.63) is 59.7 Å². The number of nitrogens with zero attached hydrogens (tertiary/aromatic N) is 4. The van der Waals surface area contributed by atoms with Crippen LogP contribution in [0.5, 0.6) is 0 Å². The molecule has 0 spiro atoms. The largest absolute Gasteiger partial charge is 0.327 e. The van der Waals surface area contributed by atoms with Crippen molar-refractivity contribution in [2.45, 2.75) is 32.2 Å². The van der Waals surface area contributed by atoms with Crippen molar-refractivity contribution in [1.29, 1.82) is 0 Å². The zero-order chi connectivity index (χ0) is 18.7. The van der Waals surface area contributed by atoms with Gasteiger partial charge >= 0.3 is 0 Å². The normalized spacial score (nSPS) is 11.7. The molecule has 0 bridgehead atoms. The first-order valence-electron chi connectivity index (χ1n) is 8.24. The Labute approximate surface area is 153 Å². The lowest BCUT2D eigenvalue weighted by atomic mass is 10.1. The van der Waals surface area contributed by atoms with Crippen LogP contribution in [0.2, 0.25) is 0 Å². The quantitative estimate of drug-likeness (QED) is 0.718. The molecule has 2 aromatic heterocycles. The predicted octanol–water partition coefficient (Wildman–Crippen LogP) is 2.24. The van der Waals surface area contributed by atoms with Gasteiger partial charge in [0.25, 0.3) is 0 Å². The van der Waals surface area contributed by atoms with Gasteiger partial charge in [-0.2, -0.15) is 0 Å². The van der Waals surface area contributed by atoms with E-state index in [4.69, 9.17) is 0 Å². The summed E-state index contributed by atoms with van der Waals surface area (Å²) in [5.41, 5.74) is 2.77. The second-order valence-corrected chi connectivity index (χ2v) is 7.85. The van der Waals surface area contributed by atoms with Gasteiger partial charge in [-0.3, -0.25) is 0 Å². The first-order chi connectivity index (χ1) is 12.4. The van der Waals surface area contributed by atoms with Crippen LogP contribution < -0.4 is 4.72 Å². The van der Waals surface area contributed by atoms with E-state index in [1.165, 1.54) is 0 Å². The molecule has 1 N–H and O–H groups in total. The van der Waals surface area contributed by atoms with Gasteiger partial charge in [-0.15, -0.1) is 0 Å². The summed E-state index contributed by atoms with van der Waals surface area (Å²) in [7, 11) is -3.58. The Bertz CT molecular complexity index is 1010. The van der Waals surface area contributed by atoms with Crippen LogP contribution >= 0.6 is 0 Å². The van der Waals surface area contributed by atoms with Gasteiger partial charge in [-0.25, -0.2) is 28.1 Å². The van der Waals surface area contributed by atoms with Gasteiger partial charge in [0, 0.05) is 37.9 Å². The minimum atomic E-state index is -3.58. The molecular weight excluding hydrogens is 350 g/mol. The summed E-state index contributed by atoms with van der Waals surface area (Å²) < 4.78 is 29.8. The van der Waals surface area contributed by atoms with Gasteiger partial charge < -0.3 is 4.57 Å². The van der Waals surface area contributed by atoms with E-state index in [1.807, 2.05) is 31.4 Å². The molecule has 1 aromatic carbocycles. The van der Waals surface area contributed by atoms with Gasteiger partial charge in [-0.05, 0) is 49.6 Å². The van der Waals surface area contributed by atoms with E-state index in [0.717, 1.165) is 16.7 Å². The molecule has 0 amide bonds. The average molecular weight is 371 g/mol. The van der Waals surface area contributed by atoms with Crippen LogP contribution in [0.1, 0.15) is 16.7 Å². The summed E-state index contributed by atoms with van der Waals surface area (Å²) in [5.74, 6) is 1.11. The Morgan fingerprint density at radius 2 is 1.65 bits per heavy atom. The number of hydrogen-bond donors (Lipinski definition) is 1. The van der Waals surface area contributed by atoms with Crippen LogP contribution in [0.4, 0.5) is 0 Å². The lowest BCUT2D eigenvalue weighted by molar-refractivity contribution is 0.572. The number of imidazole rings is 1. The maximum Gasteiger partial charge on any atom is 0.240 e. The number of benzene rings is 1. The molecule has 0 fully saturated rings. The Morgan fingerprint density at radius 3 is 2.38 bits per heavy atom. The van der Waals surface area contributed by atoms with E-state index < -0.39 is 10.0 Å². The van der Waals surface area contributed by atoms with Gasteiger partial charge in [0.2, 0.25) is 10.0 Å². The molecule has 0 aliphatic carbocycles. The molecule has 0 aliphatic rings. The topological polar surface area (TPSA) is 89.8 Å². The fraction of sp³-hybridized carbons (Fsp3) is 0.278. The molecule has 0 aliphatic heterocycles. The average Bonchev–Trinajstić information content (AvgIpc) is 3.07. The Morgan fingerprint density at radius 1 is 0.962 bits per heavy atom. The summed E-state index contributed by atoms with van der Waals surface area (Å²) in [6.07, 6.45) is 6.72. The maximum absolute atomic E-state index is 12.6. The SMILES string of the molecule is Cc1cc(C)c(S(=O)(=O)NCCn2ccnc2-c2ncccn2)cc1C. The Balaban J connectivity index is 1.73. The van der Waals surface area contributed by atoms with Crippen LogP contribution in [0.15, 0.2) is 47.9 Å². The highest BCUT2D eigenvalue weighted by molar-refractivity contribution is 7.89. The maximum atomic E-state index is 12.6. The number of aromatic nitrogens is 4. The lowest BCUT2D eigenvalue weighted by Gasteiger charge is -2.12. The molecule has 136 valence electrons. The van der Waals surface area contributed by atoms with E-state index in [0.29, 0.717) is 23.1 Å². The highest BCUT2D eigenvalue weighted by Gasteiger charge is 2.18. The third-order valence-electron chi connectivity index (χ3n) is 4.21. The first-order valence-corrected chi connectivity index (χ1v) is 9.73. The molecule has 0 saturated carbocycles. The number of nitrogens with one attached hydrogen (secondary N) is 1. The molecule has 0 radical (unpaired) electrons. The van der Waals surface area contributed by atoms with Crippen molar-refractivity contribution in [2.75, 3.05) is 6.54 Å². The van der Waals surface area contributed by atoms with E-state index in [-0.39, 0.29) is 6.54 Å². The minimum absolute atomic E-state index is 0.241. The standard InChI is InChI=1S/C18H21N5O2S/c1-13-11-15(3)16(12-14(13)2)26(24,25)22-8-10-23-9-7-21-18(23)17-19-5-4-6-20-17/h4-7,9,11-12,22H,8,10H2,1-3H3. The van der Waals surface area contributed by atoms with Crippen molar-refractivity contribution in [3.63, 3.8) is 0 Å². The summed E-state index contributed by atoms with van der Waals surface area (Å²) in [6, 6.07) is 5.34. The summed E-state index contributed by atoms with van der Waals surface area (Å²) in [5, 5.41) is 0. The van der Waals surface area contributed by atoms with Crippen molar-refractivity contribution in [3.8, 4) is 11.6 Å². The molecule has 2 heterocycles. The van der Waals surface area contributed by atoms with Gasteiger partial charge in [0.1, 0.15) is 0 Å². The van der Waals surface area contributed by atoms with E-state index in [9.17, 15) is 8.42 Å². The second-order valence-electron chi connectivity index (χ2n) is 6.12. The highest BCUT2D eigenvalue weighted by Crippen LogP contribution is 2.20. The molecule has 0 unspecified atom stereocenters. The number of hydrogen-bond acceptors (Lipinski definition) is 5. The third kappa shape index (κ3) is 3.81. The van der Waals surface area contributed by atoms with Gasteiger partial charge in [0.05, 0.1) is 4.90 Å². The highest BCUT2D eigenvalue weighted by atomic mass is 32.2. The summed E-state index contributed by atoms with van der Waals surface area (Å²) in [6.45, 7) is 6.35. The number of aryl methyl sites for hydroxylation is 3. The number of rotatable bonds is 6. The monoisotopic (exact) mass is 371 g/mol. The molecular formula is C18H21N5O2S. The molecule has 0 saturated heterocycles. The van der Waals surface area contributed by atoms with Crippen LogP contribution in [0, 0.1) is 20.8 Å². The van der Waals surface area contributed by atoms with Crippen LogP contribution in [0.3, 0.4) is 0 Å². The molecule has 7 nitrogen and oxygen atoms in total. The van der Waals surface area contributed by atoms with Gasteiger partial charge in [0.15, 0.2) is 11.6 Å². The predicted molar refractivity (Wildman–Crippen MR) is 99.1 cm³/mol.